The van der Waals surface area contributed by atoms with Crippen LogP contribution in [0.3, 0.4) is 0 Å². The topological polar surface area (TPSA) is 71.2 Å². The maximum absolute atomic E-state index is 12.3. The minimum absolute atomic E-state index is 0.0659. The third kappa shape index (κ3) is 2.63. The molecule has 0 radical (unpaired) electrons. The molecule has 0 aliphatic rings. The number of carbonyl (C=O) groups excluding carboxylic acids is 1. The van der Waals surface area contributed by atoms with E-state index in [4.69, 9.17) is 5.11 Å². The van der Waals surface area contributed by atoms with E-state index in [0.717, 1.165) is 5.69 Å². The van der Waals surface area contributed by atoms with Crippen molar-refractivity contribution in [3.8, 4) is 11.4 Å². The second-order valence-electron chi connectivity index (χ2n) is 4.24. The van der Waals surface area contributed by atoms with Crippen molar-refractivity contribution in [1.82, 2.24) is 19.4 Å². The van der Waals surface area contributed by atoms with Crippen molar-refractivity contribution >= 4 is 5.91 Å². The zero-order chi connectivity index (χ0) is 13.8. The van der Waals surface area contributed by atoms with Gasteiger partial charge in [-0.1, -0.05) is 0 Å². The highest BCUT2D eigenvalue weighted by Crippen LogP contribution is 2.21. The Labute approximate surface area is 111 Å². The number of hydrogen-bond donors (Lipinski definition) is 1. The van der Waals surface area contributed by atoms with E-state index < -0.39 is 0 Å². The number of nitrogens with zero attached hydrogens (tertiary/aromatic N) is 4. The summed E-state index contributed by atoms with van der Waals surface area (Å²) < 4.78 is 1.81. The predicted octanol–water partition coefficient (Wildman–Crippen LogP) is 0.546. The Morgan fingerprint density at radius 3 is 2.95 bits per heavy atom. The molecule has 2 aromatic heterocycles. The first-order valence-electron chi connectivity index (χ1n) is 5.93. The number of rotatable bonds is 4. The summed E-state index contributed by atoms with van der Waals surface area (Å²) >= 11 is 0. The van der Waals surface area contributed by atoms with Gasteiger partial charge >= 0.3 is 0 Å². The van der Waals surface area contributed by atoms with Crippen LogP contribution in [0.1, 0.15) is 10.4 Å². The lowest BCUT2D eigenvalue weighted by molar-refractivity contribution is 0.0767. The Kier molecular flexibility index (Phi) is 3.91. The summed E-state index contributed by atoms with van der Waals surface area (Å²) in [7, 11) is 3.50. The number of aliphatic hydroxyl groups excluding tert-OH is 1. The molecule has 0 saturated carbocycles. The smallest absolute Gasteiger partial charge is 0.255 e. The van der Waals surface area contributed by atoms with Gasteiger partial charge in [-0.25, -0.2) is 4.98 Å². The molecule has 6 heteroatoms. The average Bonchev–Trinajstić information content (AvgIpc) is 2.84. The van der Waals surface area contributed by atoms with Crippen LogP contribution in [0.15, 0.2) is 30.9 Å². The molecule has 0 aliphatic heterocycles. The van der Waals surface area contributed by atoms with Crippen LogP contribution in [0.5, 0.6) is 0 Å². The van der Waals surface area contributed by atoms with Crippen LogP contribution in [0.4, 0.5) is 0 Å². The number of aliphatic hydroxyl groups is 1. The van der Waals surface area contributed by atoms with E-state index in [1.807, 2.05) is 11.6 Å². The predicted molar refractivity (Wildman–Crippen MR) is 70.5 cm³/mol. The van der Waals surface area contributed by atoms with Crippen molar-refractivity contribution in [1.29, 1.82) is 0 Å². The Hall–Kier alpha value is -2.21. The minimum atomic E-state index is -0.168. The van der Waals surface area contributed by atoms with Crippen LogP contribution in [0.25, 0.3) is 11.4 Å². The lowest BCUT2D eigenvalue weighted by Crippen LogP contribution is -2.30. The number of hydrogen-bond acceptors (Lipinski definition) is 4. The largest absolute Gasteiger partial charge is 0.395 e. The Morgan fingerprint density at radius 1 is 1.53 bits per heavy atom. The molecule has 0 fully saturated rings. The van der Waals surface area contributed by atoms with E-state index >= 15 is 0 Å². The second-order valence-corrected chi connectivity index (χ2v) is 4.24. The third-order valence-electron chi connectivity index (χ3n) is 2.88. The Bertz CT molecular complexity index is 580. The van der Waals surface area contributed by atoms with Crippen LogP contribution < -0.4 is 0 Å². The molecule has 0 bridgehead atoms. The van der Waals surface area contributed by atoms with Crippen LogP contribution >= 0.6 is 0 Å². The highest BCUT2D eigenvalue weighted by Gasteiger charge is 2.18. The molecule has 0 atom stereocenters. The minimum Gasteiger partial charge on any atom is -0.395 e. The fourth-order valence-corrected chi connectivity index (χ4v) is 1.82. The zero-order valence-electron chi connectivity index (χ0n) is 10.9. The molecule has 19 heavy (non-hydrogen) atoms. The quantitative estimate of drug-likeness (QED) is 0.871. The third-order valence-corrected chi connectivity index (χ3v) is 2.88. The molecule has 0 aliphatic carbocycles. The maximum Gasteiger partial charge on any atom is 0.255 e. The molecule has 2 rings (SSSR count). The second kappa shape index (κ2) is 5.62. The fraction of sp³-hybridized carbons (Fsp3) is 0.308. The Balaban J connectivity index is 2.42. The molecule has 2 aromatic rings. The van der Waals surface area contributed by atoms with E-state index in [0.29, 0.717) is 17.8 Å². The normalized spacial score (nSPS) is 10.5. The van der Waals surface area contributed by atoms with Gasteiger partial charge in [-0.3, -0.25) is 9.78 Å². The van der Waals surface area contributed by atoms with Gasteiger partial charge in [0.05, 0.1) is 30.4 Å². The summed E-state index contributed by atoms with van der Waals surface area (Å²) in [6.45, 7) is 0.224. The monoisotopic (exact) mass is 260 g/mol. The SMILES string of the molecule is CN(CCO)C(=O)c1cccnc1-c1cncn1C. The molecular weight excluding hydrogens is 244 g/mol. The lowest BCUT2D eigenvalue weighted by Gasteiger charge is -2.17. The number of carbonyl (C=O) groups is 1. The molecule has 0 saturated heterocycles. The van der Waals surface area contributed by atoms with Gasteiger partial charge in [-0.15, -0.1) is 0 Å². The maximum atomic E-state index is 12.3. The Morgan fingerprint density at radius 2 is 2.32 bits per heavy atom. The van der Waals surface area contributed by atoms with Gasteiger partial charge in [0.1, 0.15) is 5.69 Å². The van der Waals surface area contributed by atoms with E-state index in [2.05, 4.69) is 9.97 Å². The van der Waals surface area contributed by atoms with Crippen molar-refractivity contribution in [2.24, 2.45) is 7.05 Å². The van der Waals surface area contributed by atoms with Crippen LogP contribution in [-0.4, -0.2) is 50.6 Å². The first-order chi connectivity index (χ1) is 9.15. The van der Waals surface area contributed by atoms with Crippen molar-refractivity contribution in [2.45, 2.75) is 0 Å². The summed E-state index contributed by atoms with van der Waals surface area (Å²) in [5, 5.41) is 8.91. The van der Waals surface area contributed by atoms with Gasteiger partial charge in [-0.05, 0) is 12.1 Å². The van der Waals surface area contributed by atoms with Crippen molar-refractivity contribution in [3.05, 3.63) is 36.4 Å². The van der Waals surface area contributed by atoms with Gasteiger partial charge in [0.15, 0.2) is 0 Å². The molecule has 0 spiro atoms. The number of aromatic nitrogens is 3. The first kappa shape index (κ1) is 13.2. The van der Waals surface area contributed by atoms with E-state index in [1.165, 1.54) is 4.90 Å². The fourth-order valence-electron chi connectivity index (χ4n) is 1.82. The van der Waals surface area contributed by atoms with Gasteiger partial charge < -0.3 is 14.6 Å². The van der Waals surface area contributed by atoms with Gasteiger partial charge in [0, 0.05) is 26.8 Å². The van der Waals surface area contributed by atoms with Gasteiger partial charge in [0.2, 0.25) is 0 Å². The number of likely N-dealkylation sites (N-methyl/N-ethyl adjacent to an activating group) is 1. The molecule has 1 N–H and O–H groups in total. The molecule has 0 unspecified atom stereocenters. The number of aryl methyl sites for hydroxylation is 1. The highest BCUT2D eigenvalue weighted by atomic mass is 16.3. The number of pyridine rings is 1. The summed E-state index contributed by atoms with van der Waals surface area (Å²) in [6.07, 6.45) is 4.98. The van der Waals surface area contributed by atoms with Crippen LogP contribution in [-0.2, 0) is 7.05 Å². The summed E-state index contributed by atoms with van der Waals surface area (Å²) in [5.41, 5.74) is 1.88. The molecule has 100 valence electrons. The summed E-state index contributed by atoms with van der Waals surface area (Å²) in [5.74, 6) is -0.168. The summed E-state index contributed by atoms with van der Waals surface area (Å²) in [6, 6.07) is 3.45. The zero-order valence-corrected chi connectivity index (χ0v) is 10.9. The van der Waals surface area contributed by atoms with Crippen molar-refractivity contribution in [3.63, 3.8) is 0 Å². The van der Waals surface area contributed by atoms with E-state index in [1.54, 1.807) is 37.9 Å². The number of amides is 1. The molecule has 6 nitrogen and oxygen atoms in total. The van der Waals surface area contributed by atoms with E-state index in [9.17, 15) is 4.79 Å². The number of imidazole rings is 1. The molecular formula is C13H16N4O2. The molecule has 1 amide bonds. The standard InChI is InChI=1S/C13H16N4O2/c1-16(6-7-18)13(19)10-4-3-5-15-12(10)11-8-14-9-17(11)2/h3-5,8-9,18H,6-7H2,1-2H3. The average molecular weight is 260 g/mol. The van der Waals surface area contributed by atoms with Crippen LogP contribution in [0.2, 0.25) is 0 Å². The van der Waals surface area contributed by atoms with Gasteiger partial charge in [0.25, 0.3) is 5.91 Å². The van der Waals surface area contributed by atoms with Crippen molar-refractivity contribution < 1.29 is 9.90 Å². The van der Waals surface area contributed by atoms with E-state index in [-0.39, 0.29) is 12.5 Å². The van der Waals surface area contributed by atoms with Gasteiger partial charge in [-0.2, -0.15) is 0 Å². The van der Waals surface area contributed by atoms with Crippen molar-refractivity contribution in [2.75, 3.05) is 20.2 Å². The molecule has 0 aromatic carbocycles. The summed E-state index contributed by atoms with van der Waals surface area (Å²) in [4.78, 5) is 22.1. The van der Waals surface area contributed by atoms with Crippen LogP contribution in [0, 0.1) is 0 Å². The highest BCUT2D eigenvalue weighted by molar-refractivity contribution is 5.99. The molecule has 2 heterocycles. The lowest BCUT2D eigenvalue weighted by atomic mass is 10.1. The first-order valence-corrected chi connectivity index (χ1v) is 5.93.